The molecule has 0 saturated heterocycles. The third-order valence-electron chi connectivity index (χ3n) is 6.53. The van der Waals surface area contributed by atoms with Crippen LogP contribution in [0.2, 0.25) is 0 Å². The van der Waals surface area contributed by atoms with Gasteiger partial charge in [0.1, 0.15) is 11.2 Å². The van der Waals surface area contributed by atoms with E-state index in [1.54, 1.807) is 0 Å². The van der Waals surface area contributed by atoms with Gasteiger partial charge in [-0.3, -0.25) is 0 Å². The first-order valence-electron chi connectivity index (χ1n) is 12.2. The van der Waals surface area contributed by atoms with E-state index in [4.69, 9.17) is 19.4 Å². The standard InChI is InChI=1S/C33H21N3O/c1-4-10-22(11-5-1)25-16-18-29-27(20-25)28-21-26(17-19-30(28)37-29)33-35-31(23-12-6-2-7-13-23)34-32(36-33)24-14-8-3-9-15-24/h1-21H. The Bertz CT molecular complexity index is 1800. The van der Waals surface area contributed by atoms with Gasteiger partial charge < -0.3 is 4.42 Å². The zero-order valence-corrected chi connectivity index (χ0v) is 19.9. The molecule has 4 heteroatoms. The first kappa shape index (κ1) is 21.2. The summed E-state index contributed by atoms with van der Waals surface area (Å²) in [5.74, 6) is 1.92. The van der Waals surface area contributed by atoms with Crippen LogP contribution in [0.4, 0.5) is 0 Å². The molecule has 0 N–H and O–H groups in total. The third-order valence-corrected chi connectivity index (χ3v) is 6.53. The first-order chi connectivity index (χ1) is 18.3. The van der Waals surface area contributed by atoms with Crippen LogP contribution in [0, 0.1) is 0 Å². The van der Waals surface area contributed by atoms with Gasteiger partial charge in [-0.25, -0.2) is 15.0 Å². The molecule has 0 aliphatic heterocycles. The Hall–Kier alpha value is -5.09. The van der Waals surface area contributed by atoms with Crippen molar-refractivity contribution in [1.82, 2.24) is 15.0 Å². The summed E-state index contributed by atoms with van der Waals surface area (Å²) < 4.78 is 6.17. The Labute approximate surface area is 213 Å². The number of nitrogens with zero attached hydrogens (tertiary/aromatic N) is 3. The molecule has 0 aliphatic rings. The third kappa shape index (κ3) is 3.95. The lowest BCUT2D eigenvalue weighted by atomic mass is 10.0. The van der Waals surface area contributed by atoms with Crippen LogP contribution in [-0.4, -0.2) is 15.0 Å². The molecule has 2 heterocycles. The summed E-state index contributed by atoms with van der Waals surface area (Å²) in [4.78, 5) is 14.6. The van der Waals surface area contributed by atoms with E-state index >= 15 is 0 Å². The van der Waals surface area contributed by atoms with Gasteiger partial charge in [-0.05, 0) is 41.5 Å². The fourth-order valence-corrected chi connectivity index (χ4v) is 4.66. The van der Waals surface area contributed by atoms with E-state index in [0.29, 0.717) is 17.5 Å². The molecule has 37 heavy (non-hydrogen) atoms. The molecule has 0 unspecified atom stereocenters. The molecule has 0 fully saturated rings. The van der Waals surface area contributed by atoms with Crippen molar-refractivity contribution in [3.05, 3.63) is 127 Å². The Morgan fingerprint density at radius 3 is 1.27 bits per heavy atom. The van der Waals surface area contributed by atoms with Gasteiger partial charge in [-0.15, -0.1) is 0 Å². The van der Waals surface area contributed by atoms with Gasteiger partial charge in [0.25, 0.3) is 0 Å². The highest BCUT2D eigenvalue weighted by molar-refractivity contribution is 6.07. The summed E-state index contributed by atoms with van der Waals surface area (Å²) in [7, 11) is 0. The predicted octanol–water partition coefficient (Wildman–Crippen LogP) is 8.44. The fraction of sp³-hybridized carbons (Fsp3) is 0. The molecule has 0 aliphatic carbocycles. The van der Waals surface area contributed by atoms with Gasteiger partial charge in [-0.2, -0.15) is 0 Å². The van der Waals surface area contributed by atoms with E-state index in [2.05, 4.69) is 42.5 Å². The zero-order valence-electron chi connectivity index (χ0n) is 19.9. The van der Waals surface area contributed by atoms with Crippen molar-refractivity contribution in [1.29, 1.82) is 0 Å². The van der Waals surface area contributed by atoms with Crippen LogP contribution >= 0.6 is 0 Å². The number of hydrogen-bond donors (Lipinski definition) is 0. The second-order valence-corrected chi connectivity index (χ2v) is 8.93. The molecule has 0 atom stereocenters. The number of hydrogen-bond acceptors (Lipinski definition) is 4. The average Bonchev–Trinajstić information content (AvgIpc) is 3.35. The molecule has 5 aromatic carbocycles. The Kier molecular flexibility index (Phi) is 5.07. The summed E-state index contributed by atoms with van der Waals surface area (Å²) in [6, 6.07) is 42.9. The second-order valence-electron chi connectivity index (χ2n) is 8.93. The normalized spacial score (nSPS) is 11.2. The van der Waals surface area contributed by atoms with Crippen LogP contribution in [0.3, 0.4) is 0 Å². The van der Waals surface area contributed by atoms with Crippen LogP contribution in [0.25, 0.3) is 67.2 Å². The highest BCUT2D eigenvalue weighted by atomic mass is 16.3. The maximum atomic E-state index is 6.17. The first-order valence-corrected chi connectivity index (χ1v) is 12.2. The number of fused-ring (bicyclic) bond motifs is 3. The van der Waals surface area contributed by atoms with Crippen LogP contribution < -0.4 is 0 Å². The lowest BCUT2D eigenvalue weighted by Crippen LogP contribution is -2.00. The highest BCUT2D eigenvalue weighted by Gasteiger charge is 2.15. The molecule has 0 saturated carbocycles. The van der Waals surface area contributed by atoms with Crippen LogP contribution in [-0.2, 0) is 0 Å². The smallest absolute Gasteiger partial charge is 0.164 e. The van der Waals surface area contributed by atoms with Gasteiger partial charge in [0, 0.05) is 27.5 Å². The van der Waals surface area contributed by atoms with Gasteiger partial charge in [-0.1, -0.05) is 97.1 Å². The van der Waals surface area contributed by atoms with E-state index in [1.807, 2.05) is 84.9 Å². The van der Waals surface area contributed by atoms with E-state index in [1.165, 1.54) is 5.56 Å². The summed E-state index contributed by atoms with van der Waals surface area (Å²) in [5, 5.41) is 2.10. The van der Waals surface area contributed by atoms with Gasteiger partial charge >= 0.3 is 0 Å². The van der Waals surface area contributed by atoms with Crippen molar-refractivity contribution in [2.45, 2.75) is 0 Å². The van der Waals surface area contributed by atoms with Crippen molar-refractivity contribution < 1.29 is 4.42 Å². The number of rotatable bonds is 4. The fourth-order valence-electron chi connectivity index (χ4n) is 4.66. The monoisotopic (exact) mass is 475 g/mol. The maximum absolute atomic E-state index is 6.17. The molecule has 0 amide bonds. The molecule has 7 rings (SSSR count). The highest BCUT2D eigenvalue weighted by Crippen LogP contribution is 2.35. The Morgan fingerprint density at radius 1 is 0.351 bits per heavy atom. The van der Waals surface area contributed by atoms with E-state index < -0.39 is 0 Å². The molecule has 174 valence electrons. The number of furan rings is 1. The minimum Gasteiger partial charge on any atom is -0.456 e. The van der Waals surface area contributed by atoms with Crippen molar-refractivity contribution >= 4 is 21.9 Å². The van der Waals surface area contributed by atoms with Gasteiger partial charge in [0.2, 0.25) is 0 Å². The molecule has 2 aromatic heterocycles. The summed E-state index contributed by atoms with van der Waals surface area (Å²) in [6.07, 6.45) is 0. The molecular weight excluding hydrogens is 454 g/mol. The van der Waals surface area contributed by atoms with E-state index in [0.717, 1.165) is 44.2 Å². The molecule has 4 nitrogen and oxygen atoms in total. The molecule has 0 bridgehead atoms. The number of aromatic nitrogens is 3. The lowest BCUT2D eigenvalue weighted by Gasteiger charge is -2.08. The van der Waals surface area contributed by atoms with Crippen molar-refractivity contribution in [3.8, 4) is 45.3 Å². The average molecular weight is 476 g/mol. The summed E-state index contributed by atoms with van der Waals surface area (Å²) in [5.41, 5.74) is 6.84. The van der Waals surface area contributed by atoms with Crippen LogP contribution in [0.15, 0.2) is 132 Å². The predicted molar refractivity (Wildman–Crippen MR) is 149 cm³/mol. The molecular formula is C33H21N3O. The lowest BCUT2D eigenvalue weighted by molar-refractivity contribution is 0.669. The minimum atomic E-state index is 0.628. The zero-order chi connectivity index (χ0) is 24.6. The summed E-state index contributed by atoms with van der Waals surface area (Å²) >= 11 is 0. The second kappa shape index (κ2) is 8.85. The Morgan fingerprint density at radius 2 is 0.757 bits per heavy atom. The van der Waals surface area contributed by atoms with Crippen molar-refractivity contribution in [3.63, 3.8) is 0 Å². The van der Waals surface area contributed by atoms with Gasteiger partial charge in [0.05, 0.1) is 0 Å². The molecule has 0 spiro atoms. The summed E-state index contributed by atoms with van der Waals surface area (Å²) in [6.45, 7) is 0. The SMILES string of the molecule is c1ccc(-c2ccc3oc4ccc(-c5nc(-c6ccccc6)nc(-c6ccccc6)n5)cc4c3c2)cc1. The van der Waals surface area contributed by atoms with Crippen molar-refractivity contribution in [2.24, 2.45) is 0 Å². The van der Waals surface area contributed by atoms with E-state index in [9.17, 15) is 0 Å². The van der Waals surface area contributed by atoms with Crippen molar-refractivity contribution in [2.75, 3.05) is 0 Å². The molecule has 7 aromatic rings. The quantitative estimate of drug-likeness (QED) is 0.256. The maximum Gasteiger partial charge on any atom is 0.164 e. The Balaban J connectivity index is 1.41. The van der Waals surface area contributed by atoms with Crippen LogP contribution in [0.5, 0.6) is 0 Å². The van der Waals surface area contributed by atoms with Gasteiger partial charge in [0.15, 0.2) is 17.5 Å². The minimum absolute atomic E-state index is 0.628. The van der Waals surface area contributed by atoms with E-state index in [-0.39, 0.29) is 0 Å². The molecule has 0 radical (unpaired) electrons. The largest absolute Gasteiger partial charge is 0.456 e. The topological polar surface area (TPSA) is 51.8 Å². The number of benzene rings is 5. The van der Waals surface area contributed by atoms with Crippen LogP contribution in [0.1, 0.15) is 0 Å².